The lowest BCUT2D eigenvalue weighted by Gasteiger charge is -2.26. The number of hydrogen-bond donors (Lipinski definition) is 1. The Bertz CT molecular complexity index is 1390. The lowest BCUT2D eigenvalue weighted by Crippen LogP contribution is -2.29. The predicted molar refractivity (Wildman–Crippen MR) is 141 cm³/mol. The molecule has 0 aliphatic carbocycles. The fraction of sp³-hybridized carbons (Fsp3) is 0.258. The molecule has 0 unspecified atom stereocenters. The summed E-state index contributed by atoms with van der Waals surface area (Å²) in [6.45, 7) is 3.67. The van der Waals surface area contributed by atoms with Gasteiger partial charge in [0.1, 0.15) is 0 Å². The summed E-state index contributed by atoms with van der Waals surface area (Å²) in [5, 5.41) is 5.25. The molecule has 0 saturated carbocycles. The third-order valence-electron chi connectivity index (χ3n) is 7.00. The highest BCUT2D eigenvalue weighted by molar-refractivity contribution is 5.95. The average molecular weight is 503 g/mol. The minimum atomic E-state index is -4.40. The summed E-state index contributed by atoms with van der Waals surface area (Å²) in [4.78, 5) is 15.3. The molecule has 4 aromatic carbocycles. The van der Waals surface area contributed by atoms with Crippen LogP contribution in [-0.2, 0) is 19.3 Å². The van der Waals surface area contributed by atoms with Crippen LogP contribution in [0.4, 0.5) is 13.2 Å². The van der Waals surface area contributed by atoms with E-state index in [0.29, 0.717) is 23.2 Å². The molecule has 0 spiro atoms. The van der Waals surface area contributed by atoms with Gasteiger partial charge in [-0.05, 0) is 89.3 Å². The van der Waals surface area contributed by atoms with Gasteiger partial charge < -0.3 is 5.32 Å². The van der Waals surface area contributed by atoms with Gasteiger partial charge in [-0.25, -0.2) is 0 Å². The molecule has 1 aliphatic rings. The highest BCUT2D eigenvalue weighted by atomic mass is 19.4. The van der Waals surface area contributed by atoms with Crippen molar-refractivity contribution in [3.63, 3.8) is 0 Å². The molecule has 3 nitrogen and oxygen atoms in total. The molecule has 0 radical (unpaired) electrons. The smallest absolute Gasteiger partial charge is 0.348 e. The summed E-state index contributed by atoms with van der Waals surface area (Å²) in [6, 6.07) is 24.5. The number of nitrogens with zero attached hydrogens (tertiary/aromatic N) is 1. The fourth-order valence-corrected chi connectivity index (χ4v) is 5.00. The Labute approximate surface area is 214 Å². The molecular formula is C31H29F3N2O. The monoisotopic (exact) mass is 502 g/mol. The third kappa shape index (κ3) is 6.03. The first-order chi connectivity index (χ1) is 17.9. The van der Waals surface area contributed by atoms with Crippen molar-refractivity contribution in [2.75, 3.05) is 13.1 Å². The molecule has 37 heavy (non-hydrogen) atoms. The molecule has 1 aliphatic heterocycles. The average Bonchev–Trinajstić information content (AvgIpc) is 2.92. The maximum Gasteiger partial charge on any atom is 0.416 e. The summed E-state index contributed by atoms with van der Waals surface area (Å²) in [6.07, 6.45) is -0.535. The van der Waals surface area contributed by atoms with Gasteiger partial charge in [0.05, 0.1) is 5.56 Å². The molecule has 0 atom stereocenters. The number of benzene rings is 4. The van der Waals surface area contributed by atoms with Crippen molar-refractivity contribution in [3.8, 4) is 11.1 Å². The van der Waals surface area contributed by atoms with Gasteiger partial charge in [0.2, 0.25) is 0 Å². The Morgan fingerprint density at radius 3 is 2.32 bits per heavy atom. The van der Waals surface area contributed by atoms with Crippen LogP contribution >= 0.6 is 0 Å². The maximum atomic E-state index is 13.0. The van der Waals surface area contributed by atoms with Gasteiger partial charge in [-0.15, -0.1) is 0 Å². The van der Waals surface area contributed by atoms with E-state index in [1.807, 2.05) is 12.1 Å². The molecule has 1 heterocycles. The molecule has 6 heteroatoms. The lowest BCUT2D eigenvalue weighted by molar-refractivity contribution is -0.137. The quantitative estimate of drug-likeness (QED) is 0.297. The van der Waals surface area contributed by atoms with Crippen LogP contribution in [-0.4, -0.2) is 23.9 Å². The Morgan fingerprint density at radius 2 is 1.57 bits per heavy atom. The molecule has 1 saturated heterocycles. The SMILES string of the molecule is O=C(NCc1cccc2cc(CN3CCCCC3)ccc12)c1ccc(-c2cccc(C(F)(F)F)c2)cc1. The Hall–Kier alpha value is -3.64. The van der Waals surface area contributed by atoms with Crippen LogP contribution in [0.1, 0.15) is 46.3 Å². The van der Waals surface area contributed by atoms with Crippen LogP contribution in [0.2, 0.25) is 0 Å². The number of halogens is 3. The van der Waals surface area contributed by atoms with Gasteiger partial charge in [-0.1, -0.05) is 61.0 Å². The van der Waals surface area contributed by atoms with Crippen LogP contribution in [0.15, 0.2) is 84.9 Å². The molecular weight excluding hydrogens is 473 g/mol. The normalized spacial score (nSPS) is 14.6. The number of amides is 1. The molecule has 1 N–H and O–H groups in total. The van der Waals surface area contributed by atoms with Crippen molar-refractivity contribution in [2.24, 2.45) is 0 Å². The fourth-order valence-electron chi connectivity index (χ4n) is 5.00. The summed E-state index contributed by atoms with van der Waals surface area (Å²) < 4.78 is 39.1. The van der Waals surface area contributed by atoms with Crippen molar-refractivity contribution in [3.05, 3.63) is 107 Å². The number of piperidine rings is 1. The second kappa shape index (κ2) is 10.8. The second-order valence-corrected chi connectivity index (χ2v) is 9.65. The van der Waals surface area contributed by atoms with Crippen molar-refractivity contribution in [2.45, 2.75) is 38.5 Å². The summed E-state index contributed by atoms with van der Waals surface area (Å²) >= 11 is 0. The predicted octanol–water partition coefficient (Wildman–Crippen LogP) is 7.44. The number of rotatable bonds is 6. The number of carbonyl (C=O) groups is 1. The number of nitrogens with one attached hydrogen (secondary N) is 1. The maximum absolute atomic E-state index is 13.0. The molecule has 5 rings (SSSR count). The van der Waals surface area contributed by atoms with Crippen molar-refractivity contribution in [1.82, 2.24) is 10.2 Å². The minimum Gasteiger partial charge on any atom is -0.348 e. The van der Waals surface area contributed by atoms with Crippen molar-refractivity contribution in [1.29, 1.82) is 0 Å². The Morgan fingerprint density at radius 1 is 0.811 bits per heavy atom. The van der Waals surface area contributed by atoms with Gasteiger partial charge in [0.25, 0.3) is 5.91 Å². The summed E-state index contributed by atoms with van der Waals surface area (Å²) in [7, 11) is 0. The van der Waals surface area contributed by atoms with Crippen LogP contribution in [0.25, 0.3) is 21.9 Å². The topological polar surface area (TPSA) is 32.3 Å². The zero-order chi connectivity index (χ0) is 25.8. The van der Waals surface area contributed by atoms with Crippen molar-refractivity contribution >= 4 is 16.7 Å². The van der Waals surface area contributed by atoms with Crippen LogP contribution in [0.3, 0.4) is 0 Å². The van der Waals surface area contributed by atoms with Crippen LogP contribution in [0, 0.1) is 0 Å². The molecule has 4 aromatic rings. The van der Waals surface area contributed by atoms with E-state index in [2.05, 4.69) is 34.5 Å². The molecule has 190 valence electrons. The standard InChI is InChI=1S/C31H29F3N2O/c32-31(33,34)28-9-5-6-25(19-28)23-11-13-24(14-12-23)30(37)35-20-27-8-4-7-26-18-22(10-15-29(26)27)21-36-16-2-1-3-17-36/h4-15,18-19H,1-3,16-17,20-21H2,(H,35,37). The molecule has 1 amide bonds. The van der Waals surface area contributed by atoms with E-state index in [1.54, 1.807) is 30.3 Å². The van der Waals surface area contributed by atoms with E-state index in [9.17, 15) is 18.0 Å². The van der Waals surface area contributed by atoms with E-state index in [-0.39, 0.29) is 5.91 Å². The third-order valence-corrected chi connectivity index (χ3v) is 7.00. The number of fused-ring (bicyclic) bond motifs is 1. The van der Waals surface area contributed by atoms with Gasteiger partial charge in [0, 0.05) is 18.7 Å². The molecule has 0 aromatic heterocycles. The zero-order valence-electron chi connectivity index (χ0n) is 20.5. The first-order valence-electron chi connectivity index (χ1n) is 12.7. The first-order valence-corrected chi connectivity index (χ1v) is 12.7. The minimum absolute atomic E-state index is 0.227. The number of likely N-dealkylation sites (tertiary alicyclic amines) is 1. The summed E-state index contributed by atoms with van der Waals surface area (Å²) in [5.74, 6) is -0.227. The second-order valence-electron chi connectivity index (χ2n) is 9.65. The van der Waals surface area contributed by atoms with Gasteiger partial charge in [-0.2, -0.15) is 13.2 Å². The largest absolute Gasteiger partial charge is 0.416 e. The summed E-state index contributed by atoms with van der Waals surface area (Å²) in [5.41, 5.74) is 3.18. The Balaban J connectivity index is 1.25. The number of alkyl halides is 3. The van der Waals surface area contributed by atoms with E-state index >= 15 is 0 Å². The van der Waals surface area contributed by atoms with E-state index < -0.39 is 11.7 Å². The first kappa shape index (κ1) is 25.0. The molecule has 1 fully saturated rings. The lowest BCUT2D eigenvalue weighted by atomic mass is 10.0. The Kier molecular flexibility index (Phi) is 7.28. The van der Waals surface area contributed by atoms with Crippen LogP contribution < -0.4 is 5.32 Å². The van der Waals surface area contributed by atoms with Gasteiger partial charge in [0.15, 0.2) is 0 Å². The number of hydrogen-bond acceptors (Lipinski definition) is 2. The highest BCUT2D eigenvalue weighted by Gasteiger charge is 2.30. The van der Waals surface area contributed by atoms with Gasteiger partial charge >= 0.3 is 6.18 Å². The van der Waals surface area contributed by atoms with E-state index in [0.717, 1.165) is 48.1 Å². The number of carbonyl (C=O) groups excluding carboxylic acids is 1. The highest BCUT2D eigenvalue weighted by Crippen LogP contribution is 2.32. The van der Waals surface area contributed by atoms with E-state index in [4.69, 9.17) is 0 Å². The van der Waals surface area contributed by atoms with Crippen LogP contribution in [0.5, 0.6) is 0 Å². The van der Waals surface area contributed by atoms with E-state index in [1.165, 1.54) is 30.9 Å². The zero-order valence-corrected chi connectivity index (χ0v) is 20.5. The van der Waals surface area contributed by atoms with Crippen molar-refractivity contribution < 1.29 is 18.0 Å². The van der Waals surface area contributed by atoms with Gasteiger partial charge in [-0.3, -0.25) is 9.69 Å². The molecule has 0 bridgehead atoms.